The summed E-state index contributed by atoms with van der Waals surface area (Å²) in [5.41, 5.74) is 1.54. The molecule has 168 valence electrons. The van der Waals surface area contributed by atoms with Crippen LogP contribution in [0.3, 0.4) is 0 Å². The van der Waals surface area contributed by atoms with Gasteiger partial charge in [-0.15, -0.1) is 0 Å². The highest BCUT2D eigenvalue weighted by Crippen LogP contribution is 2.67. The Morgan fingerprint density at radius 3 is 2.42 bits per heavy atom. The van der Waals surface area contributed by atoms with Crippen LogP contribution in [0.1, 0.15) is 88.9 Å². The van der Waals surface area contributed by atoms with Gasteiger partial charge in [-0.3, -0.25) is 9.59 Å². The van der Waals surface area contributed by atoms with Crippen LogP contribution in [0.2, 0.25) is 0 Å². The predicted molar refractivity (Wildman–Crippen MR) is 133 cm³/mol. The molecule has 0 amide bonds. The van der Waals surface area contributed by atoms with Gasteiger partial charge in [-0.05, 0) is 134 Å². The van der Waals surface area contributed by atoms with Gasteiger partial charge in [0.2, 0.25) is 0 Å². The number of halogens is 1. The summed E-state index contributed by atoms with van der Waals surface area (Å²) in [5.74, 6) is 4.33. The molecule has 2 unspecified atom stereocenters. The van der Waals surface area contributed by atoms with Crippen molar-refractivity contribution in [3.8, 4) is 0 Å². The van der Waals surface area contributed by atoms with E-state index in [0.29, 0.717) is 28.8 Å². The van der Waals surface area contributed by atoms with Crippen molar-refractivity contribution in [1.82, 2.24) is 0 Å². The summed E-state index contributed by atoms with van der Waals surface area (Å²) >= 11 is 2.31. The van der Waals surface area contributed by atoms with E-state index < -0.39 is 0 Å². The van der Waals surface area contributed by atoms with Crippen molar-refractivity contribution < 1.29 is 9.59 Å². The van der Waals surface area contributed by atoms with E-state index in [4.69, 9.17) is 0 Å². The number of carbonyl (C=O) groups excluding carboxylic acids is 2. The Balaban J connectivity index is 1.34. The molecule has 4 saturated carbocycles. The van der Waals surface area contributed by atoms with E-state index in [1.807, 2.05) is 19.1 Å². The van der Waals surface area contributed by atoms with E-state index in [-0.39, 0.29) is 11.3 Å². The average Bonchev–Trinajstić information content (AvgIpc) is 3.10. The minimum atomic E-state index is 0.204. The lowest BCUT2D eigenvalue weighted by molar-refractivity contribution is -0.134. The van der Waals surface area contributed by atoms with Crippen LogP contribution in [-0.4, -0.2) is 11.6 Å². The standard InChI is InChI=1S/C28H37IO2/c1-17(30)23-9-10-24-22-8-7-20-15-19(26(31)18-5-4-6-21(29)16-18)11-13-27(20,2)25(22)12-14-28(23,24)3/h4-6,16,19-20,22-25H,7-15H2,1-3H3/t19?,20?,22-,23+,24-,25-,27-,28+/m0/s1. The van der Waals surface area contributed by atoms with E-state index >= 15 is 0 Å². The first-order valence-corrected chi connectivity index (χ1v) is 13.6. The van der Waals surface area contributed by atoms with Gasteiger partial charge in [-0.2, -0.15) is 0 Å². The van der Waals surface area contributed by atoms with E-state index in [9.17, 15) is 9.59 Å². The van der Waals surface area contributed by atoms with Crippen molar-refractivity contribution in [3.05, 3.63) is 33.4 Å². The predicted octanol–water partition coefficient (Wildman–Crippen LogP) is 7.34. The lowest BCUT2D eigenvalue weighted by Crippen LogP contribution is -2.54. The molecule has 3 heteroatoms. The second-order valence-electron chi connectivity index (χ2n) is 11.8. The number of fused-ring (bicyclic) bond motifs is 5. The molecule has 0 heterocycles. The summed E-state index contributed by atoms with van der Waals surface area (Å²) in [4.78, 5) is 25.6. The quantitative estimate of drug-likeness (QED) is 0.302. The molecule has 5 rings (SSSR count). The zero-order valence-electron chi connectivity index (χ0n) is 19.3. The molecule has 4 aliphatic rings. The normalized spacial score (nSPS) is 44.1. The maximum absolute atomic E-state index is 13.3. The summed E-state index contributed by atoms with van der Waals surface area (Å²) in [6.07, 6.45) is 10.9. The zero-order chi connectivity index (χ0) is 22.0. The molecule has 8 atom stereocenters. The number of hydrogen-bond acceptors (Lipinski definition) is 2. The lowest BCUT2D eigenvalue weighted by atomic mass is 9.44. The maximum Gasteiger partial charge on any atom is 0.165 e. The van der Waals surface area contributed by atoms with Crippen LogP contribution in [0.15, 0.2) is 24.3 Å². The van der Waals surface area contributed by atoms with Gasteiger partial charge in [0.1, 0.15) is 5.78 Å². The fourth-order valence-corrected chi connectivity index (χ4v) is 9.58. The fourth-order valence-electron chi connectivity index (χ4n) is 9.04. The highest BCUT2D eigenvalue weighted by molar-refractivity contribution is 14.1. The molecule has 0 saturated heterocycles. The van der Waals surface area contributed by atoms with Crippen molar-refractivity contribution in [2.45, 2.75) is 78.6 Å². The smallest absolute Gasteiger partial charge is 0.165 e. The summed E-state index contributed by atoms with van der Waals surface area (Å²) in [7, 11) is 0. The van der Waals surface area contributed by atoms with Crippen molar-refractivity contribution in [1.29, 1.82) is 0 Å². The fraction of sp³-hybridized carbons (Fsp3) is 0.714. The van der Waals surface area contributed by atoms with E-state index in [0.717, 1.165) is 46.1 Å². The molecule has 2 nitrogen and oxygen atoms in total. The number of ketones is 2. The summed E-state index contributed by atoms with van der Waals surface area (Å²) in [6, 6.07) is 8.14. The van der Waals surface area contributed by atoms with E-state index in [1.165, 1.54) is 38.5 Å². The number of Topliss-reactive ketones (excluding diaryl/α,β-unsaturated/α-hetero) is 2. The monoisotopic (exact) mass is 532 g/mol. The Morgan fingerprint density at radius 2 is 1.68 bits per heavy atom. The van der Waals surface area contributed by atoms with Crippen LogP contribution in [-0.2, 0) is 4.79 Å². The topological polar surface area (TPSA) is 34.1 Å². The van der Waals surface area contributed by atoms with Gasteiger partial charge in [0, 0.05) is 21.0 Å². The van der Waals surface area contributed by atoms with Crippen LogP contribution in [0, 0.1) is 49.9 Å². The van der Waals surface area contributed by atoms with Gasteiger partial charge in [0.25, 0.3) is 0 Å². The summed E-state index contributed by atoms with van der Waals surface area (Å²) in [6.45, 7) is 6.84. The Labute approximate surface area is 201 Å². The number of benzene rings is 1. The molecule has 0 aromatic heterocycles. The van der Waals surface area contributed by atoms with Gasteiger partial charge in [-0.25, -0.2) is 0 Å². The van der Waals surface area contributed by atoms with Crippen LogP contribution in [0.5, 0.6) is 0 Å². The molecule has 0 aliphatic heterocycles. The van der Waals surface area contributed by atoms with Crippen molar-refractivity contribution in [3.63, 3.8) is 0 Å². The van der Waals surface area contributed by atoms with Crippen LogP contribution >= 0.6 is 22.6 Å². The van der Waals surface area contributed by atoms with E-state index in [2.05, 4.69) is 48.6 Å². The third kappa shape index (κ3) is 3.47. The van der Waals surface area contributed by atoms with Crippen LogP contribution in [0.25, 0.3) is 0 Å². The molecule has 0 radical (unpaired) electrons. The molecule has 1 aromatic rings. The highest BCUT2D eigenvalue weighted by atomic mass is 127. The number of hydrogen-bond donors (Lipinski definition) is 0. The number of carbonyl (C=O) groups is 2. The van der Waals surface area contributed by atoms with E-state index in [1.54, 1.807) is 0 Å². The second-order valence-corrected chi connectivity index (χ2v) is 13.0. The van der Waals surface area contributed by atoms with Gasteiger partial charge in [-0.1, -0.05) is 26.0 Å². The molecule has 4 fully saturated rings. The highest BCUT2D eigenvalue weighted by Gasteiger charge is 2.61. The van der Waals surface area contributed by atoms with Crippen LogP contribution < -0.4 is 0 Å². The Kier molecular flexibility index (Phi) is 5.67. The van der Waals surface area contributed by atoms with Gasteiger partial charge < -0.3 is 0 Å². The Bertz CT molecular complexity index is 893. The molecule has 4 aliphatic carbocycles. The first-order chi connectivity index (χ1) is 14.7. The molecule has 0 spiro atoms. The molecular formula is C28H37IO2. The Morgan fingerprint density at radius 1 is 0.935 bits per heavy atom. The van der Waals surface area contributed by atoms with Crippen molar-refractivity contribution in [2.75, 3.05) is 0 Å². The minimum Gasteiger partial charge on any atom is -0.300 e. The molecule has 0 bridgehead atoms. The number of rotatable bonds is 3. The minimum absolute atomic E-state index is 0.204. The maximum atomic E-state index is 13.3. The van der Waals surface area contributed by atoms with Crippen molar-refractivity contribution >= 4 is 34.2 Å². The molecular weight excluding hydrogens is 495 g/mol. The lowest BCUT2D eigenvalue weighted by Gasteiger charge is -2.61. The first kappa shape index (κ1) is 22.1. The third-order valence-electron chi connectivity index (χ3n) is 10.6. The zero-order valence-corrected chi connectivity index (χ0v) is 21.5. The molecule has 0 N–H and O–H groups in total. The second kappa shape index (κ2) is 7.95. The van der Waals surface area contributed by atoms with Gasteiger partial charge >= 0.3 is 0 Å². The van der Waals surface area contributed by atoms with Crippen molar-refractivity contribution in [2.24, 2.45) is 46.3 Å². The Hall–Kier alpha value is -0.710. The van der Waals surface area contributed by atoms with Gasteiger partial charge in [0.15, 0.2) is 5.78 Å². The average molecular weight is 533 g/mol. The SMILES string of the molecule is CC(=O)[C@H]1CC[C@H]2[C@@H]3CCC4CC(C(=O)c5cccc(I)c5)CC[C@]4(C)[C@H]3CC[C@]12C. The van der Waals surface area contributed by atoms with Gasteiger partial charge in [0.05, 0.1) is 0 Å². The van der Waals surface area contributed by atoms with Crippen LogP contribution in [0.4, 0.5) is 0 Å². The first-order valence-electron chi connectivity index (χ1n) is 12.5. The molecule has 1 aromatic carbocycles. The molecule has 31 heavy (non-hydrogen) atoms. The summed E-state index contributed by atoms with van der Waals surface area (Å²) < 4.78 is 1.15. The summed E-state index contributed by atoms with van der Waals surface area (Å²) in [5, 5.41) is 0. The third-order valence-corrected chi connectivity index (χ3v) is 11.3. The largest absolute Gasteiger partial charge is 0.300 e.